The van der Waals surface area contributed by atoms with E-state index in [-0.39, 0.29) is 17.9 Å². The second kappa shape index (κ2) is 4.62. The Hall–Kier alpha value is -1.39. The zero-order valence-electron chi connectivity index (χ0n) is 11.2. The van der Waals surface area contributed by atoms with Crippen molar-refractivity contribution in [3.8, 4) is 0 Å². The van der Waals surface area contributed by atoms with E-state index in [0.29, 0.717) is 0 Å². The molecule has 0 saturated carbocycles. The molecular weight excluding hydrogens is 242 g/mol. The molecule has 1 saturated heterocycles. The van der Waals surface area contributed by atoms with Crippen molar-refractivity contribution < 1.29 is 14.9 Å². The van der Waals surface area contributed by atoms with Crippen LogP contribution in [0.2, 0.25) is 0 Å². The highest BCUT2D eigenvalue weighted by atomic mass is 17.1. The summed E-state index contributed by atoms with van der Waals surface area (Å²) in [7, 11) is 1.90. The molecule has 1 aliphatic carbocycles. The van der Waals surface area contributed by atoms with Crippen molar-refractivity contribution in [3.63, 3.8) is 0 Å². The van der Waals surface area contributed by atoms with Gasteiger partial charge in [-0.2, -0.15) is 0 Å². The molecule has 1 heterocycles. The van der Waals surface area contributed by atoms with Gasteiger partial charge in [0, 0.05) is 13.6 Å². The molecule has 1 aliphatic heterocycles. The minimum Gasteiger partial charge on any atom is -0.345 e. The Kier molecular flexibility index (Phi) is 3.07. The maximum Gasteiger partial charge on any atom is 0.229 e. The summed E-state index contributed by atoms with van der Waals surface area (Å²) in [5, 5.41) is 8.53. The van der Waals surface area contributed by atoms with E-state index in [2.05, 4.69) is 17.0 Å². The van der Waals surface area contributed by atoms with Gasteiger partial charge < -0.3 is 4.90 Å². The zero-order chi connectivity index (χ0) is 13.5. The van der Waals surface area contributed by atoms with E-state index in [4.69, 9.17) is 5.26 Å². The monoisotopic (exact) mass is 261 g/mol. The van der Waals surface area contributed by atoms with Crippen molar-refractivity contribution in [1.82, 2.24) is 4.90 Å². The van der Waals surface area contributed by atoms with Crippen LogP contribution in [-0.4, -0.2) is 29.7 Å². The third kappa shape index (κ3) is 2.05. The second-order valence-electron chi connectivity index (χ2n) is 5.84. The fourth-order valence-corrected chi connectivity index (χ4v) is 3.57. The van der Waals surface area contributed by atoms with E-state index < -0.39 is 0 Å². The molecule has 1 amide bonds. The summed E-state index contributed by atoms with van der Waals surface area (Å²) in [5.41, 5.74) is 3.24. The Labute approximate surface area is 112 Å². The van der Waals surface area contributed by atoms with Gasteiger partial charge in [-0.1, -0.05) is 18.2 Å². The van der Waals surface area contributed by atoms with Gasteiger partial charge in [0.05, 0.1) is 5.41 Å². The van der Waals surface area contributed by atoms with Gasteiger partial charge in [-0.3, -0.25) is 10.1 Å². The number of rotatable bonds is 2. The molecule has 1 aromatic carbocycles. The molecule has 1 N–H and O–H groups in total. The molecule has 0 radical (unpaired) electrons. The Morgan fingerprint density at radius 3 is 2.95 bits per heavy atom. The zero-order valence-corrected chi connectivity index (χ0v) is 11.2. The van der Waals surface area contributed by atoms with Crippen molar-refractivity contribution in [2.24, 2.45) is 5.41 Å². The van der Waals surface area contributed by atoms with Gasteiger partial charge in [-0.05, 0) is 42.4 Å². The molecule has 4 nitrogen and oxygen atoms in total. The van der Waals surface area contributed by atoms with Crippen molar-refractivity contribution in [2.45, 2.75) is 32.3 Å². The molecule has 0 aromatic heterocycles. The third-order valence-electron chi connectivity index (χ3n) is 4.51. The van der Waals surface area contributed by atoms with Gasteiger partial charge >= 0.3 is 0 Å². The first-order valence-corrected chi connectivity index (χ1v) is 6.77. The summed E-state index contributed by atoms with van der Waals surface area (Å²) in [6.07, 6.45) is 3.75. The van der Waals surface area contributed by atoms with E-state index in [1.165, 1.54) is 11.1 Å². The predicted molar refractivity (Wildman–Crippen MR) is 70.6 cm³/mol. The lowest BCUT2D eigenvalue weighted by Crippen LogP contribution is -2.47. The van der Waals surface area contributed by atoms with E-state index in [1.807, 2.05) is 18.0 Å². The van der Waals surface area contributed by atoms with E-state index in [0.717, 1.165) is 37.8 Å². The molecule has 0 bridgehead atoms. The fourth-order valence-electron chi connectivity index (χ4n) is 3.57. The molecule has 0 unspecified atom stereocenters. The van der Waals surface area contributed by atoms with Crippen LogP contribution in [0, 0.1) is 5.41 Å². The first-order chi connectivity index (χ1) is 9.14. The first-order valence-electron chi connectivity index (χ1n) is 6.77. The Bertz CT molecular complexity index is 514. The molecular formula is C15H19NO3. The maximum absolute atomic E-state index is 12.5. The van der Waals surface area contributed by atoms with E-state index in [1.54, 1.807) is 0 Å². The van der Waals surface area contributed by atoms with Gasteiger partial charge in [0.15, 0.2) is 0 Å². The fraction of sp³-hybridized carbons (Fsp3) is 0.533. The van der Waals surface area contributed by atoms with Crippen molar-refractivity contribution in [3.05, 3.63) is 34.9 Å². The molecule has 19 heavy (non-hydrogen) atoms. The molecule has 1 aromatic rings. The molecule has 2 aliphatic rings. The highest BCUT2D eigenvalue weighted by Gasteiger charge is 2.46. The number of piperidine rings is 1. The normalized spacial score (nSPS) is 26.0. The maximum atomic E-state index is 12.5. The van der Waals surface area contributed by atoms with Crippen molar-refractivity contribution >= 4 is 5.91 Å². The van der Waals surface area contributed by atoms with Crippen LogP contribution in [0.4, 0.5) is 0 Å². The average Bonchev–Trinajstić information content (AvgIpc) is 2.75. The van der Waals surface area contributed by atoms with Gasteiger partial charge in [0.1, 0.15) is 6.61 Å². The number of amides is 1. The van der Waals surface area contributed by atoms with Crippen molar-refractivity contribution in [2.75, 3.05) is 13.6 Å². The Morgan fingerprint density at radius 2 is 2.16 bits per heavy atom. The number of likely N-dealkylation sites (tertiary alicyclic amines) is 1. The van der Waals surface area contributed by atoms with Gasteiger partial charge in [0.25, 0.3) is 0 Å². The number of carbonyl (C=O) groups is 1. The molecule has 102 valence electrons. The number of benzene rings is 1. The number of nitrogens with zero attached hydrogens (tertiary/aromatic N) is 1. The lowest BCUT2D eigenvalue weighted by molar-refractivity contribution is -0.253. The molecule has 1 atom stereocenters. The number of fused-ring (bicyclic) bond motifs is 1. The van der Waals surface area contributed by atoms with Gasteiger partial charge in [-0.25, -0.2) is 4.89 Å². The smallest absolute Gasteiger partial charge is 0.229 e. The van der Waals surface area contributed by atoms with Crippen LogP contribution in [0.25, 0.3) is 0 Å². The molecule has 3 rings (SSSR count). The van der Waals surface area contributed by atoms with Crippen LogP contribution in [-0.2, 0) is 29.1 Å². The van der Waals surface area contributed by atoms with Crippen LogP contribution in [0.5, 0.6) is 0 Å². The average molecular weight is 261 g/mol. The van der Waals surface area contributed by atoms with E-state index >= 15 is 0 Å². The molecule has 4 heteroatoms. The summed E-state index contributed by atoms with van der Waals surface area (Å²) in [6, 6.07) is 6.09. The Balaban J connectivity index is 1.88. The van der Waals surface area contributed by atoms with Crippen molar-refractivity contribution in [1.29, 1.82) is 0 Å². The summed E-state index contributed by atoms with van der Waals surface area (Å²) in [6.45, 7) is 1.08. The molecule has 1 fully saturated rings. The predicted octanol–water partition coefficient (Wildman–Crippen LogP) is 2.01. The van der Waals surface area contributed by atoms with E-state index in [9.17, 15) is 4.79 Å². The first kappa shape index (κ1) is 12.6. The third-order valence-corrected chi connectivity index (χ3v) is 4.51. The minimum atomic E-state index is -0.214. The Morgan fingerprint density at radius 1 is 1.37 bits per heavy atom. The summed E-state index contributed by atoms with van der Waals surface area (Å²) in [4.78, 5) is 18.5. The summed E-state index contributed by atoms with van der Waals surface area (Å²) in [5.74, 6) is 0.287. The molecule has 1 spiro atoms. The summed E-state index contributed by atoms with van der Waals surface area (Å²) >= 11 is 0. The standard InChI is InChI=1S/C15H19NO3/c1-16-6-2-5-15(14(16)17)8-12-4-3-11(10-19-18)7-13(12)9-15/h3-4,7,18H,2,5-6,8-10H2,1H3/t15-/m0/s1. The lowest BCUT2D eigenvalue weighted by atomic mass is 9.76. The minimum absolute atomic E-state index is 0.203. The van der Waals surface area contributed by atoms with Crippen LogP contribution >= 0.6 is 0 Å². The van der Waals surface area contributed by atoms with Crippen LogP contribution in [0.1, 0.15) is 29.5 Å². The number of carbonyl (C=O) groups excluding carboxylic acids is 1. The SMILES string of the molecule is CN1CCC[C@@]2(Cc3ccc(COO)cc3C2)C1=O. The van der Waals surface area contributed by atoms with Crippen LogP contribution in [0.15, 0.2) is 18.2 Å². The highest BCUT2D eigenvalue weighted by molar-refractivity contribution is 5.85. The summed E-state index contributed by atoms with van der Waals surface area (Å²) < 4.78 is 0. The second-order valence-corrected chi connectivity index (χ2v) is 5.84. The van der Waals surface area contributed by atoms with Crippen LogP contribution in [0.3, 0.4) is 0 Å². The van der Waals surface area contributed by atoms with Crippen LogP contribution < -0.4 is 0 Å². The largest absolute Gasteiger partial charge is 0.345 e. The highest BCUT2D eigenvalue weighted by Crippen LogP contribution is 2.44. The quantitative estimate of drug-likeness (QED) is 0.654. The number of hydrogen-bond acceptors (Lipinski definition) is 3. The van der Waals surface area contributed by atoms with Gasteiger partial charge in [0.2, 0.25) is 5.91 Å². The lowest BCUT2D eigenvalue weighted by Gasteiger charge is -2.37. The number of hydrogen-bond donors (Lipinski definition) is 1. The van der Waals surface area contributed by atoms with Gasteiger partial charge in [-0.15, -0.1) is 0 Å². The topological polar surface area (TPSA) is 49.8 Å².